The van der Waals surface area contributed by atoms with Crippen molar-refractivity contribution in [2.45, 2.75) is 98.9 Å². The van der Waals surface area contributed by atoms with E-state index in [0.717, 1.165) is 6.42 Å². The van der Waals surface area contributed by atoms with Gasteiger partial charge in [0.1, 0.15) is 8.22 Å². The van der Waals surface area contributed by atoms with Gasteiger partial charge in [0.05, 0.1) is 0 Å². The second kappa shape index (κ2) is 9.14. The molecule has 0 bridgehead atoms. The van der Waals surface area contributed by atoms with E-state index in [2.05, 4.69) is 125 Å². The summed E-state index contributed by atoms with van der Waals surface area (Å²) in [6.07, 6.45) is 7.04. The highest BCUT2D eigenvalue weighted by atomic mass is 127. The van der Waals surface area contributed by atoms with Crippen LogP contribution in [0.5, 0.6) is 0 Å². The Kier molecular flexibility index (Phi) is 9.00. The van der Waals surface area contributed by atoms with Gasteiger partial charge in [0, 0.05) is 5.92 Å². The minimum absolute atomic E-state index is 0.254. The van der Waals surface area contributed by atoms with Gasteiger partial charge in [-0.1, -0.05) is 98.9 Å². The van der Waals surface area contributed by atoms with Crippen molar-refractivity contribution in [2.24, 2.45) is 11.8 Å². The maximum absolute atomic E-state index is 6.68. The molecule has 6 heteroatoms. The molecule has 0 saturated carbocycles. The third-order valence-electron chi connectivity index (χ3n) is 6.53. The molecule has 0 aromatic carbocycles. The molecule has 2 unspecified atom stereocenters. The summed E-state index contributed by atoms with van der Waals surface area (Å²) in [6, 6.07) is 0. The molecule has 1 rings (SSSR count). The van der Waals surface area contributed by atoms with Crippen LogP contribution in [0.4, 0.5) is 0 Å². The Bertz CT molecular complexity index is 493. The Morgan fingerprint density at radius 3 is 1.69 bits per heavy atom. The highest BCUT2D eigenvalue weighted by Crippen LogP contribution is 2.43. The van der Waals surface area contributed by atoms with Crippen LogP contribution in [0.3, 0.4) is 0 Å². The highest BCUT2D eigenvalue weighted by Gasteiger charge is 2.42. The van der Waals surface area contributed by atoms with Gasteiger partial charge in [-0.3, -0.25) is 0 Å². The van der Waals surface area contributed by atoms with Gasteiger partial charge in [-0.05, 0) is 55.0 Å². The van der Waals surface area contributed by atoms with Crippen molar-refractivity contribution in [1.82, 2.24) is 0 Å². The first kappa shape index (κ1) is 25.6. The van der Waals surface area contributed by atoms with Gasteiger partial charge in [0.2, 0.25) is 0 Å². The summed E-state index contributed by atoms with van der Waals surface area (Å²) < 4.78 is 13.9. The van der Waals surface area contributed by atoms with Crippen LogP contribution in [0.2, 0.25) is 36.3 Å². The molecule has 0 aliphatic heterocycles. The van der Waals surface area contributed by atoms with Gasteiger partial charge in [-0.25, -0.2) is 0 Å². The first-order valence-electron chi connectivity index (χ1n) is 9.78. The Labute approximate surface area is 192 Å². The fourth-order valence-corrected chi connectivity index (χ4v) is 9.60. The minimum atomic E-state index is -1.73. The number of allylic oxidation sites excluding steroid dienone is 1. The van der Waals surface area contributed by atoms with Crippen LogP contribution in [0.15, 0.2) is 12.2 Å². The molecule has 0 spiro atoms. The maximum atomic E-state index is 6.68. The molecule has 0 saturated heterocycles. The van der Waals surface area contributed by atoms with Crippen molar-refractivity contribution in [1.29, 1.82) is 0 Å². The van der Waals surface area contributed by atoms with Crippen LogP contribution in [-0.2, 0) is 8.85 Å². The summed E-state index contributed by atoms with van der Waals surface area (Å²) in [4.78, 5) is 0. The summed E-state index contributed by atoms with van der Waals surface area (Å²) in [5.74, 6) is 1.07. The molecule has 0 amide bonds. The molecule has 0 radical (unpaired) electrons. The number of hydrogen-bond donors (Lipinski definition) is 0. The summed E-state index contributed by atoms with van der Waals surface area (Å²) in [5, 5.41) is 0.517. The van der Waals surface area contributed by atoms with Crippen LogP contribution in [-0.4, -0.2) is 24.9 Å². The molecule has 1 aliphatic carbocycles. The molecule has 154 valence electrons. The Balaban J connectivity index is 2.75. The van der Waals surface area contributed by atoms with Crippen LogP contribution in [0.1, 0.15) is 54.4 Å². The molecule has 2 nitrogen and oxygen atoms in total. The van der Waals surface area contributed by atoms with Crippen molar-refractivity contribution in [2.75, 3.05) is 0 Å². The van der Waals surface area contributed by atoms with Crippen molar-refractivity contribution < 1.29 is 8.85 Å². The van der Waals surface area contributed by atoms with E-state index >= 15 is 0 Å². The van der Waals surface area contributed by atoms with E-state index in [9.17, 15) is 0 Å². The SMILES string of the molecule is CC(C)(C)[Si](C)(C)OC(I)[C@@H]1CC=C[C@@H](C(I)O[Si](C)(C)C(C)(C)C)C1. The predicted molar refractivity (Wildman–Crippen MR) is 138 cm³/mol. The quantitative estimate of drug-likeness (QED) is 0.129. The standard InChI is InChI=1S/C20H40I2O2Si2/c1-19(2,3)25(7,8)23-17(21)15-12-11-13-16(14-15)18(22)24-26(9,10)20(4,5)6/h11-12,15-18H,13-14H2,1-10H3/t15-,16-,17?,18?/m1/s1. The molecule has 1 aliphatic rings. The van der Waals surface area contributed by atoms with Gasteiger partial charge in [0.25, 0.3) is 0 Å². The lowest BCUT2D eigenvalue weighted by Gasteiger charge is -2.42. The van der Waals surface area contributed by atoms with E-state index in [1.807, 2.05) is 0 Å². The second-order valence-corrected chi connectivity index (χ2v) is 22.8. The fraction of sp³-hybridized carbons (Fsp3) is 0.900. The van der Waals surface area contributed by atoms with Crippen LogP contribution < -0.4 is 0 Å². The van der Waals surface area contributed by atoms with Crippen LogP contribution in [0.25, 0.3) is 0 Å². The predicted octanol–water partition coefficient (Wildman–Crippen LogP) is 8.13. The Morgan fingerprint density at radius 1 is 0.846 bits per heavy atom. The second-order valence-electron chi connectivity index (χ2n) is 10.8. The first-order chi connectivity index (χ1) is 11.5. The van der Waals surface area contributed by atoms with Crippen LogP contribution in [0, 0.1) is 11.8 Å². The summed E-state index contributed by atoms with van der Waals surface area (Å²) in [6.45, 7) is 23.3. The average Bonchev–Trinajstić information content (AvgIpc) is 2.44. The van der Waals surface area contributed by atoms with Gasteiger partial charge < -0.3 is 8.85 Å². The number of rotatable bonds is 6. The molecule has 4 atom stereocenters. The maximum Gasteiger partial charge on any atom is 0.193 e. The Hall–Kier alpha value is 1.55. The molecular weight excluding hydrogens is 582 g/mol. The monoisotopic (exact) mass is 622 g/mol. The van der Waals surface area contributed by atoms with Crippen molar-refractivity contribution in [3.05, 3.63) is 12.2 Å². The largest absolute Gasteiger partial charge is 0.405 e. The molecule has 26 heavy (non-hydrogen) atoms. The highest BCUT2D eigenvalue weighted by molar-refractivity contribution is 14.1. The van der Waals surface area contributed by atoms with E-state index in [-0.39, 0.29) is 18.3 Å². The molecule has 0 aromatic heterocycles. The molecular formula is C20H40I2O2Si2. The normalized spacial score (nSPS) is 25.2. The lowest BCUT2D eigenvalue weighted by Crippen LogP contribution is -2.46. The fourth-order valence-electron chi connectivity index (χ4n) is 2.46. The van der Waals surface area contributed by atoms with Crippen molar-refractivity contribution in [3.63, 3.8) is 0 Å². The number of halogens is 2. The summed E-state index contributed by atoms with van der Waals surface area (Å²) in [5.41, 5.74) is 0. The van der Waals surface area contributed by atoms with Gasteiger partial charge >= 0.3 is 0 Å². The van der Waals surface area contributed by atoms with Gasteiger partial charge in [0.15, 0.2) is 16.6 Å². The van der Waals surface area contributed by atoms with Gasteiger partial charge in [-0.15, -0.1) is 0 Å². The Morgan fingerprint density at radius 2 is 1.27 bits per heavy atom. The topological polar surface area (TPSA) is 18.5 Å². The van der Waals surface area contributed by atoms with E-state index < -0.39 is 16.6 Å². The van der Waals surface area contributed by atoms with Gasteiger partial charge in [-0.2, -0.15) is 0 Å². The molecule has 0 heterocycles. The van der Waals surface area contributed by atoms with E-state index in [0.29, 0.717) is 11.8 Å². The molecule has 0 aromatic rings. The van der Waals surface area contributed by atoms with Crippen LogP contribution >= 0.6 is 45.2 Å². The zero-order valence-corrected chi connectivity index (χ0v) is 24.8. The minimum Gasteiger partial charge on any atom is -0.405 e. The molecule has 0 N–H and O–H groups in total. The summed E-state index contributed by atoms with van der Waals surface area (Å²) in [7, 11) is -3.45. The summed E-state index contributed by atoms with van der Waals surface area (Å²) >= 11 is 5.07. The molecule has 0 fully saturated rings. The zero-order chi connectivity index (χ0) is 20.6. The number of hydrogen-bond acceptors (Lipinski definition) is 2. The van der Waals surface area contributed by atoms with E-state index in [4.69, 9.17) is 8.85 Å². The van der Waals surface area contributed by atoms with E-state index in [1.54, 1.807) is 0 Å². The third-order valence-corrected chi connectivity index (χ3v) is 18.9. The third kappa shape index (κ3) is 6.81. The first-order valence-corrected chi connectivity index (χ1v) is 18.1. The smallest absolute Gasteiger partial charge is 0.193 e. The van der Waals surface area contributed by atoms with Crippen molar-refractivity contribution in [3.8, 4) is 0 Å². The van der Waals surface area contributed by atoms with E-state index in [1.165, 1.54) is 6.42 Å². The van der Waals surface area contributed by atoms with Crippen molar-refractivity contribution >= 4 is 61.8 Å². The average molecular weight is 623 g/mol. The lowest BCUT2D eigenvalue weighted by atomic mass is 9.88. The lowest BCUT2D eigenvalue weighted by molar-refractivity contribution is 0.160. The number of alkyl halides is 2. The zero-order valence-electron chi connectivity index (χ0n) is 18.5.